The lowest BCUT2D eigenvalue weighted by molar-refractivity contribution is 0.0959. The van der Waals surface area contributed by atoms with Gasteiger partial charge in [0.1, 0.15) is 11.7 Å². The maximum Gasteiger partial charge on any atom is 0.251 e. The highest BCUT2D eigenvalue weighted by molar-refractivity contribution is 6.00. The summed E-state index contributed by atoms with van der Waals surface area (Å²) in [6, 6.07) is 19.3. The lowest BCUT2D eigenvalue weighted by atomic mass is 10.0. The van der Waals surface area contributed by atoms with E-state index in [1.54, 1.807) is 26.4 Å². The zero-order valence-electron chi connectivity index (χ0n) is 22.4. The number of carbonyl (C=O) groups excluding carboxylic acids is 1. The average Bonchev–Trinajstić information content (AvgIpc) is 3.27. The Kier molecular flexibility index (Phi) is 8.43. The van der Waals surface area contributed by atoms with Gasteiger partial charge < -0.3 is 20.5 Å². The van der Waals surface area contributed by atoms with E-state index in [1.165, 1.54) is 0 Å². The minimum Gasteiger partial charge on any atom is -0.481 e. The van der Waals surface area contributed by atoms with Crippen LogP contribution in [0.15, 0.2) is 96.2 Å². The number of carbonyl (C=O) groups is 1. The lowest BCUT2D eigenvalue weighted by Crippen LogP contribution is -2.42. The SMILES string of the molecule is CNNC(CNC(=O)c1ccc2nc(C3=CC(c4cccnc4OC)=CCC=C3)[nH]c2c1)=NCc1ccccc1. The van der Waals surface area contributed by atoms with Crippen LogP contribution < -0.4 is 20.9 Å². The standard InChI is InChI=1S/C31H31N7O2/c1-32-38-28(34-19-21-9-4-3-5-10-21)20-35-30(39)24-14-15-26-27(18-24)37-29(36-26)23-12-7-6-11-22(17-23)25-13-8-16-33-31(25)40-2/h3-5,7-18,32H,6,19-20H2,1-2H3,(H,34,38)(H,35,39)(H,36,37). The number of hydrogen-bond donors (Lipinski definition) is 4. The van der Waals surface area contributed by atoms with Crippen molar-refractivity contribution in [3.8, 4) is 5.88 Å². The Bertz CT molecular complexity index is 1620. The van der Waals surface area contributed by atoms with Crippen molar-refractivity contribution in [3.63, 3.8) is 0 Å². The second kappa shape index (κ2) is 12.7. The molecule has 0 bridgehead atoms. The maximum atomic E-state index is 13.0. The van der Waals surface area contributed by atoms with E-state index in [4.69, 9.17) is 9.72 Å². The number of fused-ring (bicyclic) bond motifs is 1. The van der Waals surface area contributed by atoms with Crippen LogP contribution >= 0.6 is 0 Å². The van der Waals surface area contributed by atoms with Crippen LogP contribution in [0.1, 0.15) is 33.7 Å². The zero-order valence-corrected chi connectivity index (χ0v) is 22.4. The first-order chi connectivity index (χ1) is 19.6. The first-order valence-electron chi connectivity index (χ1n) is 13.0. The number of nitrogens with zero attached hydrogens (tertiary/aromatic N) is 3. The summed E-state index contributed by atoms with van der Waals surface area (Å²) in [5.41, 5.74) is 11.9. The average molecular weight is 534 g/mol. The molecule has 2 aromatic heterocycles. The van der Waals surface area contributed by atoms with E-state index in [-0.39, 0.29) is 12.5 Å². The van der Waals surface area contributed by atoms with Gasteiger partial charge in [-0.25, -0.2) is 15.4 Å². The second-order valence-electron chi connectivity index (χ2n) is 9.08. The topological polar surface area (TPSA) is 116 Å². The molecule has 0 unspecified atom stereocenters. The van der Waals surface area contributed by atoms with Crippen molar-refractivity contribution in [2.75, 3.05) is 20.7 Å². The van der Waals surface area contributed by atoms with Crippen LogP contribution in [0.2, 0.25) is 0 Å². The van der Waals surface area contributed by atoms with Crippen LogP contribution in [-0.4, -0.2) is 47.4 Å². The Balaban J connectivity index is 1.32. The predicted octanol–water partition coefficient (Wildman–Crippen LogP) is 4.45. The van der Waals surface area contributed by atoms with E-state index in [9.17, 15) is 4.79 Å². The number of aliphatic imine (C=N–C) groups is 1. The third kappa shape index (κ3) is 6.33. The number of amidine groups is 1. The summed E-state index contributed by atoms with van der Waals surface area (Å²) in [5, 5.41) is 2.94. The molecule has 9 heteroatoms. The molecule has 9 nitrogen and oxygen atoms in total. The maximum absolute atomic E-state index is 13.0. The normalized spacial score (nSPS) is 13.4. The van der Waals surface area contributed by atoms with Gasteiger partial charge in [-0.1, -0.05) is 48.6 Å². The second-order valence-corrected chi connectivity index (χ2v) is 9.08. The Morgan fingerprint density at radius 1 is 1.10 bits per heavy atom. The smallest absolute Gasteiger partial charge is 0.251 e. The lowest BCUT2D eigenvalue weighted by Gasteiger charge is -2.10. The van der Waals surface area contributed by atoms with Gasteiger partial charge in [0.15, 0.2) is 0 Å². The molecule has 0 saturated carbocycles. The number of hydrogen-bond acceptors (Lipinski definition) is 6. The van der Waals surface area contributed by atoms with Crippen molar-refractivity contribution in [2.45, 2.75) is 13.0 Å². The number of imidazole rings is 1. The summed E-state index contributed by atoms with van der Waals surface area (Å²) in [7, 11) is 3.38. The van der Waals surface area contributed by atoms with Gasteiger partial charge in [-0.15, -0.1) is 0 Å². The van der Waals surface area contributed by atoms with Crippen molar-refractivity contribution < 1.29 is 9.53 Å². The van der Waals surface area contributed by atoms with E-state index in [1.807, 2.05) is 60.7 Å². The van der Waals surface area contributed by atoms with Crippen molar-refractivity contribution in [2.24, 2.45) is 4.99 Å². The van der Waals surface area contributed by atoms with Crippen LogP contribution in [0.3, 0.4) is 0 Å². The minimum absolute atomic E-state index is 0.203. The van der Waals surface area contributed by atoms with Crippen molar-refractivity contribution in [3.05, 3.63) is 114 Å². The molecule has 0 fully saturated rings. The van der Waals surface area contributed by atoms with Gasteiger partial charge in [0.05, 0.1) is 31.2 Å². The molecular formula is C31H31N7O2. The molecule has 1 aliphatic carbocycles. The first kappa shape index (κ1) is 26.6. The summed E-state index contributed by atoms with van der Waals surface area (Å²) in [4.78, 5) is 30.1. The molecule has 40 heavy (non-hydrogen) atoms. The molecule has 0 radical (unpaired) electrons. The van der Waals surface area contributed by atoms with E-state index in [0.29, 0.717) is 29.6 Å². The fourth-order valence-corrected chi connectivity index (χ4v) is 4.38. The Morgan fingerprint density at radius 3 is 2.80 bits per heavy atom. The molecule has 0 aliphatic heterocycles. The Morgan fingerprint density at radius 2 is 1.98 bits per heavy atom. The monoisotopic (exact) mass is 533 g/mol. The fraction of sp³-hybridized carbons (Fsp3) is 0.161. The summed E-state index contributed by atoms with van der Waals surface area (Å²) < 4.78 is 5.47. The number of aromatic nitrogens is 3. The van der Waals surface area contributed by atoms with E-state index < -0.39 is 0 Å². The zero-order chi connectivity index (χ0) is 27.7. The molecule has 1 aliphatic rings. The quantitative estimate of drug-likeness (QED) is 0.144. The van der Waals surface area contributed by atoms with Crippen molar-refractivity contribution >= 4 is 33.9 Å². The molecule has 4 aromatic rings. The van der Waals surface area contributed by atoms with E-state index in [0.717, 1.165) is 39.7 Å². The molecule has 2 aromatic carbocycles. The molecule has 5 rings (SSSR count). The van der Waals surface area contributed by atoms with E-state index >= 15 is 0 Å². The highest BCUT2D eigenvalue weighted by Crippen LogP contribution is 2.30. The molecule has 0 atom stereocenters. The number of aromatic amines is 1. The molecule has 202 valence electrons. The van der Waals surface area contributed by atoms with Gasteiger partial charge in [0.25, 0.3) is 5.91 Å². The van der Waals surface area contributed by atoms with Crippen LogP contribution in [0.5, 0.6) is 5.88 Å². The van der Waals surface area contributed by atoms with E-state index in [2.05, 4.69) is 49.4 Å². The summed E-state index contributed by atoms with van der Waals surface area (Å²) in [6.45, 7) is 0.766. The minimum atomic E-state index is -0.203. The summed E-state index contributed by atoms with van der Waals surface area (Å²) in [6.07, 6.45) is 10.8. The number of methoxy groups -OCH3 is 1. The van der Waals surface area contributed by atoms with Gasteiger partial charge in [-0.05, 0) is 54.0 Å². The van der Waals surface area contributed by atoms with Crippen molar-refractivity contribution in [1.29, 1.82) is 0 Å². The molecular weight excluding hydrogens is 502 g/mol. The number of hydrazine groups is 1. The number of amides is 1. The number of rotatable bonds is 9. The van der Waals surface area contributed by atoms with Gasteiger partial charge >= 0.3 is 0 Å². The first-order valence-corrected chi connectivity index (χ1v) is 13.0. The van der Waals surface area contributed by atoms with Crippen LogP contribution in [0, 0.1) is 0 Å². The predicted molar refractivity (Wildman–Crippen MR) is 159 cm³/mol. The van der Waals surface area contributed by atoms with Crippen LogP contribution in [-0.2, 0) is 6.54 Å². The molecule has 0 saturated heterocycles. The number of benzene rings is 2. The number of H-pyrrole nitrogens is 1. The number of pyridine rings is 1. The third-order valence-corrected chi connectivity index (χ3v) is 6.36. The Hall–Kier alpha value is -5.02. The largest absolute Gasteiger partial charge is 0.481 e. The van der Waals surface area contributed by atoms with Gasteiger partial charge in [-0.3, -0.25) is 9.79 Å². The third-order valence-electron chi connectivity index (χ3n) is 6.36. The van der Waals surface area contributed by atoms with Crippen LogP contribution in [0.25, 0.3) is 22.2 Å². The molecule has 1 amide bonds. The highest BCUT2D eigenvalue weighted by atomic mass is 16.5. The number of nitrogens with one attached hydrogen (secondary N) is 4. The summed E-state index contributed by atoms with van der Waals surface area (Å²) in [5.74, 6) is 1.72. The number of allylic oxidation sites excluding steroid dienone is 6. The fourth-order valence-electron chi connectivity index (χ4n) is 4.38. The Labute approximate surface area is 232 Å². The van der Waals surface area contributed by atoms with Gasteiger partial charge in [-0.2, -0.15) is 0 Å². The highest BCUT2D eigenvalue weighted by Gasteiger charge is 2.14. The van der Waals surface area contributed by atoms with Crippen LogP contribution in [0.4, 0.5) is 0 Å². The van der Waals surface area contributed by atoms with Gasteiger partial charge in [0.2, 0.25) is 5.88 Å². The molecule has 4 N–H and O–H groups in total. The molecule has 2 heterocycles. The number of ether oxygens (including phenoxy) is 1. The molecule has 0 spiro atoms. The van der Waals surface area contributed by atoms with Gasteiger partial charge in [0, 0.05) is 29.9 Å². The summed E-state index contributed by atoms with van der Waals surface area (Å²) >= 11 is 0. The van der Waals surface area contributed by atoms with Crippen molar-refractivity contribution in [1.82, 2.24) is 31.1 Å².